The van der Waals surface area contributed by atoms with Gasteiger partial charge in [0.15, 0.2) is 5.60 Å². The van der Waals surface area contributed by atoms with Gasteiger partial charge in [0, 0.05) is 40.7 Å². The van der Waals surface area contributed by atoms with Gasteiger partial charge in [0.05, 0.1) is 0 Å². The molecule has 1 heterocycles. The number of benzene rings is 3. The average molecular weight is 450 g/mol. The van der Waals surface area contributed by atoms with E-state index in [0.29, 0.717) is 29.6 Å². The third-order valence-corrected chi connectivity index (χ3v) is 7.35. The first-order valence-electron chi connectivity index (χ1n) is 11.6. The molecule has 0 aromatic heterocycles. The summed E-state index contributed by atoms with van der Waals surface area (Å²) in [5, 5.41) is 4.36. The van der Waals surface area contributed by atoms with Crippen molar-refractivity contribution in [1.29, 1.82) is 0 Å². The van der Waals surface area contributed by atoms with Gasteiger partial charge in [0.2, 0.25) is 0 Å². The first kappa shape index (κ1) is 21.5. The molecule has 2 aliphatic rings. The van der Waals surface area contributed by atoms with Crippen LogP contribution in [-0.2, 0) is 12.0 Å². The summed E-state index contributed by atoms with van der Waals surface area (Å²) >= 11 is 6.69. The SMILES string of the molecule is Cc1cccc(F)c1-c1c(Cl)ccc2c1C[C@@](CNC1CCCCC1)(c1ccccc1)O2. The van der Waals surface area contributed by atoms with Gasteiger partial charge in [-0.15, -0.1) is 0 Å². The van der Waals surface area contributed by atoms with E-state index in [2.05, 4.69) is 29.6 Å². The van der Waals surface area contributed by atoms with Crippen LogP contribution in [0.5, 0.6) is 5.75 Å². The third-order valence-electron chi connectivity index (χ3n) is 7.04. The summed E-state index contributed by atoms with van der Waals surface area (Å²) in [4.78, 5) is 0. The van der Waals surface area contributed by atoms with Crippen LogP contribution in [0.3, 0.4) is 0 Å². The molecule has 4 heteroatoms. The van der Waals surface area contributed by atoms with E-state index in [4.69, 9.17) is 16.3 Å². The van der Waals surface area contributed by atoms with Crippen LogP contribution in [0.1, 0.15) is 48.8 Å². The van der Waals surface area contributed by atoms with E-state index >= 15 is 0 Å². The highest BCUT2D eigenvalue weighted by Gasteiger charge is 2.43. The summed E-state index contributed by atoms with van der Waals surface area (Å²) in [6.45, 7) is 2.64. The maximum absolute atomic E-state index is 15.0. The molecule has 5 rings (SSSR count). The van der Waals surface area contributed by atoms with Crippen molar-refractivity contribution in [1.82, 2.24) is 5.32 Å². The molecule has 0 radical (unpaired) electrons. The Balaban J connectivity index is 1.56. The zero-order chi connectivity index (χ0) is 22.1. The maximum atomic E-state index is 15.0. The van der Waals surface area contributed by atoms with Crippen LogP contribution < -0.4 is 10.1 Å². The van der Waals surface area contributed by atoms with Gasteiger partial charge >= 0.3 is 0 Å². The van der Waals surface area contributed by atoms with Crippen LogP contribution in [-0.4, -0.2) is 12.6 Å². The number of hydrogen-bond acceptors (Lipinski definition) is 2. The van der Waals surface area contributed by atoms with Gasteiger partial charge in [0.1, 0.15) is 11.6 Å². The lowest BCUT2D eigenvalue weighted by Gasteiger charge is -2.33. The molecule has 3 aromatic rings. The van der Waals surface area contributed by atoms with Crippen LogP contribution in [0.2, 0.25) is 5.02 Å². The van der Waals surface area contributed by atoms with Crippen molar-refractivity contribution in [2.24, 2.45) is 0 Å². The van der Waals surface area contributed by atoms with Crippen molar-refractivity contribution in [3.05, 3.63) is 88.2 Å². The minimum atomic E-state index is -0.542. The Morgan fingerprint density at radius 3 is 2.50 bits per heavy atom. The Morgan fingerprint density at radius 1 is 0.969 bits per heavy atom. The fraction of sp³-hybridized carbons (Fsp3) is 0.357. The molecule has 1 fully saturated rings. The number of ether oxygens (including phenoxy) is 1. The smallest absolute Gasteiger partial charge is 0.150 e. The zero-order valence-corrected chi connectivity index (χ0v) is 19.2. The first-order chi connectivity index (χ1) is 15.6. The summed E-state index contributed by atoms with van der Waals surface area (Å²) in [5.74, 6) is 0.541. The van der Waals surface area contributed by atoms with Gasteiger partial charge in [-0.25, -0.2) is 4.39 Å². The number of halogens is 2. The zero-order valence-electron chi connectivity index (χ0n) is 18.5. The molecule has 166 valence electrons. The van der Waals surface area contributed by atoms with Crippen molar-refractivity contribution in [3.63, 3.8) is 0 Å². The predicted octanol–water partition coefficient (Wildman–Crippen LogP) is 7.21. The maximum Gasteiger partial charge on any atom is 0.150 e. The van der Waals surface area contributed by atoms with E-state index in [9.17, 15) is 4.39 Å². The molecular formula is C28H29ClFNO. The molecule has 0 bridgehead atoms. The second kappa shape index (κ2) is 8.88. The van der Waals surface area contributed by atoms with Gasteiger partial charge in [-0.3, -0.25) is 0 Å². The monoisotopic (exact) mass is 449 g/mol. The van der Waals surface area contributed by atoms with Crippen molar-refractivity contribution in [3.8, 4) is 16.9 Å². The summed E-state index contributed by atoms with van der Waals surface area (Å²) in [5.41, 5.74) is 3.78. The van der Waals surface area contributed by atoms with Crippen LogP contribution in [0.4, 0.5) is 4.39 Å². The molecule has 3 aromatic carbocycles. The Bertz CT molecular complexity index is 1090. The number of rotatable bonds is 5. The van der Waals surface area contributed by atoms with Crippen molar-refractivity contribution in [2.45, 2.75) is 57.1 Å². The molecule has 1 aliphatic heterocycles. The van der Waals surface area contributed by atoms with Crippen LogP contribution in [0.25, 0.3) is 11.1 Å². The van der Waals surface area contributed by atoms with Gasteiger partial charge in [-0.2, -0.15) is 0 Å². The number of hydrogen-bond donors (Lipinski definition) is 1. The van der Waals surface area contributed by atoms with Crippen molar-refractivity contribution < 1.29 is 9.13 Å². The Hall–Kier alpha value is -2.36. The van der Waals surface area contributed by atoms with Gasteiger partial charge in [-0.1, -0.05) is 73.3 Å². The molecule has 32 heavy (non-hydrogen) atoms. The van der Waals surface area contributed by atoms with Gasteiger partial charge in [-0.05, 0) is 49.1 Å². The number of aryl methyl sites for hydroxylation is 1. The minimum absolute atomic E-state index is 0.252. The number of fused-ring (bicyclic) bond motifs is 1. The van der Waals surface area contributed by atoms with Crippen molar-refractivity contribution >= 4 is 11.6 Å². The Kier molecular flexibility index (Phi) is 5.96. The van der Waals surface area contributed by atoms with Gasteiger partial charge in [0.25, 0.3) is 0 Å². The second-order valence-electron chi connectivity index (χ2n) is 9.19. The van der Waals surface area contributed by atoms with Gasteiger partial charge < -0.3 is 10.1 Å². The summed E-state index contributed by atoms with van der Waals surface area (Å²) in [6.07, 6.45) is 6.96. The fourth-order valence-corrected chi connectivity index (χ4v) is 5.61. The van der Waals surface area contributed by atoms with E-state index in [1.165, 1.54) is 38.2 Å². The van der Waals surface area contributed by atoms with E-state index in [0.717, 1.165) is 28.0 Å². The minimum Gasteiger partial charge on any atom is -0.481 e. The Labute approximate surface area is 194 Å². The van der Waals surface area contributed by atoms with Crippen LogP contribution >= 0.6 is 11.6 Å². The predicted molar refractivity (Wildman–Crippen MR) is 129 cm³/mol. The molecule has 1 N–H and O–H groups in total. The Morgan fingerprint density at radius 2 is 1.75 bits per heavy atom. The van der Waals surface area contributed by atoms with E-state index < -0.39 is 5.60 Å². The highest BCUT2D eigenvalue weighted by atomic mass is 35.5. The normalized spacial score (nSPS) is 20.7. The highest BCUT2D eigenvalue weighted by Crippen LogP contribution is 2.48. The largest absolute Gasteiger partial charge is 0.481 e. The lowest BCUT2D eigenvalue weighted by Crippen LogP contribution is -2.46. The molecule has 0 unspecified atom stereocenters. The third kappa shape index (κ3) is 3.93. The number of nitrogens with one attached hydrogen (secondary N) is 1. The molecule has 0 amide bonds. The summed E-state index contributed by atoms with van der Waals surface area (Å²) < 4.78 is 21.7. The molecule has 1 aliphatic carbocycles. The average Bonchev–Trinajstić information content (AvgIpc) is 3.20. The van der Waals surface area contributed by atoms with E-state index in [1.54, 1.807) is 6.07 Å². The topological polar surface area (TPSA) is 21.3 Å². The van der Waals surface area contributed by atoms with Crippen LogP contribution in [0, 0.1) is 12.7 Å². The molecular weight excluding hydrogens is 421 g/mol. The first-order valence-corrected chi connectivity index (χ1v) is 12.0. The van der Waals surface area contributed by atoms with E-state index in [-0.39, 0.29) is 5.82 Å². The summed E-state index contributed by atoms with van der Waals surface area (Å²) in [6, 6.07) is 19.9. The quantitative estimate of drug-likeness (QED) is 0.444. The molecule has 0 saturated heterocycles. The standard InChI is InChI=1S/C28H29ClFNO/c1-19-9-8-14-24(30)26(19)27-22-17-28(20-10-4-2-5-11-20,32-25(22)16-15-23(27)29)18-31-21-12-6-3-7-13-21/h2,4-5,8-11,14-16,21,31H,3,6-7,12-13,17-18H2,1H3/t28-/m1/s1. The molecule has 1 atom stereocenters. The second-order valence-corrected chi connectivity index (χ2v) is 9.59. The van der Waals surface area contributed by atoms with E-state index in [1.807, 2.05) is 31.2 Å². The lowest BCUT2D eigenvalue weighted by molar-refractivity contribution is 0.0858. The summed E-state index contributed by atoms with van der Waals surface area (Å²) in [7, 11) is 0. The van der Waals surface area contributed by atoms with Crippen LogP contribution in [0.15, 0.2) is 60.7 Å². The highest BCUT2D eigenvalue weighted by molar-refractivity contribution is 6.33. The lowest BCUT2D eigenvalue weighted by atomic mass is 9.85. The van der Waals surface area contributed by atoms with Crippen molar-refractivity contribution in [2.75, 3.05) is 6.54 Å². The fourth-order valence-electron chi connectivity index (χ4n) is 5.34. The molecule has 0 spiro atoms. The molecule has 2 nitrogen and oxygen atoms in total. The molecule has 1 saturated carbocycles.